The average Bonchev–Trinajstić information content (AvgIpc) is 2.33. The first-order valence-corrected chi connectivity index (χ1v) is 6.01. The first-order chi connectivity index (χ1) is 8.80. The van der Waals surface area contributed by atoms with Crippen molar-refractivity contribution in [3.05, 3.63) is 11.3 Å². The van der Waals surface area contributed by atoms with Gasteiger partial charge in [-0.05, 0) is 0 Å². The number of aliphatic imine (C=N–C) groups is 1. The quantitative estimate of drug-likeness (QED) is 0.591. The number of hydrogen-bond acceptors (Lipinski definition) is 5. The van der Waals surface area contributed by atoms with Gasteiger partial charge in [0.25, 0.3) is 0 Å². The van der Waals surface area contributed by atoms with Gasteiger partial charge >= 0.3 is 12.1 Å². The van der Waals surface area contributed by atoms with E-state index in [1.54, 1.807) is 0 Å². The Kier molecular flexibility index (Phi) is 3.93. The van der Waals surface area contributed by atoms with E-state index in [-0.39, 0.29) is 5.17 Å². The van der Waals surface area contributed by atoms with Gasteiger partial charge < -0.3 is 10.2 Å². The minimum atomic E-state index is -5.10. The summed E-state index contributed by atoms with van der Waals surface area (Å²) in [6.45, 7) is 0.827. The zero-order valence-corrected chi connectivity index (χ0v) is 10.8. The van der Waals surface area contributed by atoms with Crippen molar-refractivity contribution in [2.24, 2.45) is 4.99 Å². The fourth-order valence-corrected chi connectivity index (χ4v) is 2.27. The van der Waals surface area contributed by atoms with Gasteiger partial charge in [-0.15, -0.1) is 0 Å². The van der Waals surface area contributed by atoms with E-state index in [2.05, 4.69) is 15.1 Å². The fourth-order valence-electron chi connectivity index (χ4n) is 1.70. The van der Waals surface area contributed by atoms with E-state index in [0.717, 1.165) is 0 Å². The molecule has 2 aliphatic heterocycles. The Bertz CT molecular complexity index is 464. The second-order valence-corrected chi connectivity index (χ2v) is 4.53. The molecule has 0 bridgehead atoms. The molecule has 19 heavy (non-hydrogen) atoms. The summed E-state index contributed by atoms with van der Waals surface area (Å²) in [7, 11) is 0. The molecule has 2 heterocycles. The Labute approximate surface area is 115 Å². The Morgan fingerprint density at radius 2 is 2.21 bits per heavy atom. The van der Waals surface area contributed by atoms with Gasteiger partial charge in [-0.3, -0.25) is 0 Å². The minimum absolute atomic E-state index is 0.0986. The minimum Gasteiger partial charge on any atom is -0.329 e. The van der Waals surface area contributed by atoms with E-state index in [1.807, 2.05) is 0 Å². The van der Waals surface area contributed by atoms with Gasteiger partial charge in [0.1, 0.15) is 5.17 Å². The van der Waals surface area contributed by atoms with Crippen molar-refractivity contribution in [3.63, 3.8) is 0 Å². The lowest BCUT2D eigenvalue weighted by molar-refractivity contribution is -0.234. The highest BCUT2D eigenvalue weighted by Crippen LogP contribution is 2.31. The molecule has 1 N–H and O–H groups in total. The third-order valence-corrected chi connectivity index (χ3v) is 3.13. The molecule has 2 rings (SSSR count). The second kappa shape index (κ2) is 5.18. The maximum Gasteiger partial charge on any atom is 0.493 e. The summed E-state index contributed by atoms with van der Waals surface area (Å²) in [5.74, 6) is -2.35. The highest BCUT2D eigenvalue weighted by molar-refractivity contribution is 6.70. The van der Waals surface area contributed by atoms with Crippen molar-refractivity contribution in [2.75, 3.05) is 13.1 Å². The van der Waals surface area contributed by atoms with Crippen LogP contribution in [0.2, 0.25) is 0 Å². The van der Waals surface area contributed by atoms with E-state index < -0.39 is 17.8 Å². The lowest BCUT2D eigenvalue weighted by Crippen LogP contribution is -2.44. The molecule has 0 aromatic rings. The zero-order valence-electron chi connectivity index (χ0n) is 9.30. The summed E-state index contributed by atoms with van der Waals surface area (Å²) >= 11 is 11.6. The van der Waals surface area contributed by atoms with Gasteiger partial charge in [0.05, 0.1) is 5.70 Å². The summed E-state index contributed by atoms with van der Waals surface area (Å²) in [6.07, 6.45) is -4.77. The topological polar surface area (TPSA) is 53.9 Å². The fraction of sp³-hybridized carbons (Fsp3) is 0.556. The molecule has 5 nitrogen and oxygen atoms in total. The van der Waals surface area contributed by atoms with Crippen LogP contribution in [0.1, 0.15) is 6.42 Å². The molecule has 0 unspecified atom stereocenters. The predicted octanol–water partition coefficient (Wildman–Crippen LogP) is 1.73. The highest BCUT2D eigenvalue weighted by atomic mass is 35.5. The maximum atomic E-state index is 12.2. The Balaban J connectivity index is 2.25. The van der Waals surface area contributed by atoms with Crippen LogP contribution in [0.25, 0.3) is 0 Å². The van der Waals surface area contributed by atoms with E-state index in [9.17, 15) is 18.0 Å². The Morgan fingerprint density at radius 3 is 2.84 bits per heavy atom. The van der Waals surface area contributed by atoms with Crippen LogP contribution >= 0.6 is 23.2 Å². The number of halogens is 5. The molecule has 0 aliphatic carbocycles. The molecule has 1 atom stereocenters. The second-order valence-electron chi connectivity index (χ2n) is 3.78. The predicted molar refractivity (Wildman–Crippen MR) is 61.4 cm³/mol. The first kappa shape index (κ1) is 14.4. The molecule has 0 amide bonds. The Morgan fingerprint density at radius 1 is 1.53 bits per heavy atom. The molecule has 0 radical (unpaired) electrons. The Hall–Kier alpha value is -0.990. The molecule has 0 saturated heterocycles. The molecule has 0 aromatic carbocycles. The maximum absolute atomic E-state index is 12.2. The van der Waals surface area contributed by atoms with Gasteiger partial charge in [0.15, 0.2) is 0 Å². The average molecular weight is 318 g/mol. The molecule has 0 aromatic heterocycles. The van der Waals surface area contributed by atoms with Crippen LogP contribution in [0.15, 0.2) is 16.3 Å². The van der Waals surface area contributed by atoms with Gasteiger partial charge in [0, 0.05) is 25.1 Å². The van der Waals surface area contributed by atoms with Crippen molar-refractivity contribution >= 4 is 34.3 Å². The zero-order chi connectivity index (χ0) is 14.2. The monoisotopic (exact) mass is 317 g/mol. The normalized spacial score (nSPS) is 23.9. The van der Waals surface area contributed by atoms with Crippen molar-refractivity contribution in [1.29, 1.82) is 0 Å². The van der Waals surface area contributed by atoms with Gasteiger partial charge in [-0.1, -0.05) is 23.2 Å². The number of hydroxylamine groups is 2. The third kappa shape index (κ3) is 2.96. The molecule has 0 saturated carbocycles. The number of hydrogen-bond donors (Lipinski definition) is 1. The first-order valence-electron chi connectivity index (χ1n) is 5.19. The summed E-state index contributed by atoms with van der Waals surface area (Å²) in [4.78, 5) is 18.9. The van der Waals surface area contributed by atoms with Crippen LogP contribution in [0.5, 0.6) is 0 Å². The van der Waals surface area contributed by atoms with Crippen molar-refractivity contribution in [2.45, 2.75) is 18.2 Å². The number of nitrogens with one attached hydrogen (secondary N) is 1. The number of rotatable bonds is 1. The number of alkyl halides is 4. The molecule has 106 valence electrons. The molecular formula is C9H8Cl2F3N3O2. The van der Waals surface area contributed by atoms with Crippen LogP contribution in [0, 0.1) is 0 Å². The number of nitrogens with zero attached hydrogens (tertiary/aromatic N) is 2. The van der Waals surface area contributed by atoms with Crippen LogP contribution in [0.4, 0.5) is 13.2 Å². The van der Waals surface area contributed by atoms with E-state index in [4.69, 9.17) is 23.2 Å². The van der Waals surface area contributed by atoms with Crippen LogP contribution in [-0.4, -0.2) is 41.1 Å². The van der Waals surface area contributed by atoms with Crippen LogP contribution in [-0.2, 0) is 9.63 Å². The lowest BCUT2D eigenvalue weighted by atomic mass is 10.1. The van der Waals surface area contributed by atoms with Gasteiger partial charge in [-0.2, -0.15) is 18.2 Å². The molecule has 0 fully saturated rings. The van der Waals surface area contributed by atoms with Gasteiger partial charge in [-0.25, -0.2) is 9.79 Å². The van der Waals surface area contributed by atoms with Crippen molar-refractivity contribution in [3.8, 4) is 0 Å². The summed E-state index contributed by atoms with van der Waals surface area (Å²) in [6, 6.07) is 0. The van der Waals surface area contributed by atoms with Crippen LogP contribution < -0.4 is 5.32 Å². The van der Waals surface area contributed by atoms with E-state index in [1.165, 1.54) is 0 Å². The van der Waals surface area contributed by atoms with Crippen molar-refractivity contribution in [1.82, 2.24) is 10.4 Å². The standard InChI is InChI=1S/C9H8Cl2F3N3O2/c10-6-4-3-15-2-1-5(4)17(8(11)16-6)19-7(18)9(12,13)14/h8,15H,1-3H2/t8-/m0/s1. The lowest BCUT2D eigenvalue weighted by Gasteiger charge is -2.35. The summed E-state index contributed by atoms with van der Waals surface area (Å²) in [5.41, 5.74) is -0.508. The number of carbonyl (C=O) groups excluding carboxylic acids is 1. The number of carbonyl (C=O) groups is 1. The smallest absolute Gasteiger partial charge is 0.329 e. The molecule has 2 aliphatic rings. The van der Waals surface area contributed by atoms with E-state index in [0.29, 0.717) is 35.8 Å². The van der Waals surface area contributed by atoms with Gasteiger partial charge in [0.2, 0.25) is 5.62 Å². The van der Waals surface area contributed by atoms with Crippen molar-refractivity contribution < 1.29 is 22.8 Å². The molecule has 10 heteroatoms. The molecule has 0 spiro atoms. The SMILES string of the molecule is O=C(ON1C2=C(CNCC2)C(Cl)=N[C@@H]1Cl)C(F)(F)F. The van der Waals surface area contributed by atoms with Crippen LogP contribution in [0.3, 0.4) is 0 Å². The summed E-state index contributed by atoms with van der Waals surface area (Å²) < 4.78 is 36.6. The van der Waals surface area contributed by atoms with E-state index >= 15 is 0 Å². The molecular weight excluding hydrogens is 310 g/mol. The summed E-state index contributed by atoms with van der Waals surface area (Å²) in [5, 5.41) is 3.73. The largest absolute Gasteiger partial charge is 0.493 e. The highest BCUT2D eigenvalue weighted by Gasteiger charge is 2.45. The third-order valence-electron chi connectivity index (χ3n) is 2.53.